The van der Waals surface area contributed by atoms with E-state index in [9.17, 15) is 13.2 Å². The van der Waals surface area contributed by atoms with E-state index in [4.69, 9.17) is 4.74 Å². The zero-order chi connectivity index (χ0) is 18.6. The van der Waals surface area contributed by atoms with Gasteiger partial charge in [-0.2, -0.15) is 0 Å². The smallest absolute Gasteiger partial charge is 0.240 e. The Labute approximate surface area is 153 Å². The van der Waals surface area contributed by atoms with Gasteiger partial charge in [0.15, 0.2) is 0 Å². The van der Waals surface area contributed by atoms with Gasteiger partial charge in [0.25, 0.3) is 0 Å². The Balaban J connectivity index is 1.71. The van der Waals surface area contributed by atoms with Crippen LogP contribution in [0.2, 0.25) is 0 Å². The summed E-state index contributed by atoms with van der Waals surface area (Å²) in [6, 6.07) is 9.84. The number of hydrogen-bond acceptors (Lipinski definition) is 5. The molecule has 1 aliphatic heterocycles. The molecule has 2 heterocycles. The van der Waals surface area contributed by atoms with Crippen molar-refractivity contribution in [1.82, 2.24) is 9.71 Å². The van der Waals surface area contributed by atoms with E-state index in [1.807, 2.05) is 6.92 Å². The Morgan fingerprint density at radius 2 is 2.00 bits per heavy atom. The lowest BCUT2D eigenvalue weighted by atomic mass is 10.3. The number of carbonyl (C=O) groups is 1. The zero-order valence-electron chi connectivity index (χ0n) is 14.5. The van der Waals surface area contributed by atoms with Crippen molar-refractivity contribution in [3.8, 4) is 5.88 Å². The average Bonchev–Trinajstić information content (AvgIpc) is 3.07. The molecule has 26 heavy (non-hydrogen) atoms. The van der Waals surface area contributed by atoms with Gasteiger partial charge in [-0.3, -0.25) is 4.79 Å². The molecule has 1 N–H and O–H groups in total. The van der Waals surface area contributed by atoms with Crippen molar-refractivity contribution < 1.29 is 17.9 Å². The molecule has 1 amide bonds. The van der Waals surface area contributed by atoms with Gasteiger partial charge in [-0.1, -0.05) is 6.07 Å². The third-order valence-electron chi connectivity index (χ3n) is 4.12. The fraction of sp³-hybridized carbons (Fsp3) is 0.333. The number of rotatable bonds is 7. The summed E-state index contributed by atoms with van der Waals surface area (Å²) in [4.78, 5) is 17.7. The normalized spacial score (nSPS) is 14.7. The van der Waals surface area contributed by atoms with Crippen LogP contribution in [-0.2, 0) is 21.4 Å². The molecule has 1 saturated heterocycles. The summed E-state index contributed by atoms with van der Waals surface area (Å²) in [5, 5.41) is 0. The third kappa shape index (κ3) is 4.03. The second kappa shape index (κ2) is 7.84. The lowest BCUT2D eigenvalue weighted by Gasteiger charge is -2.16. The monoisotopic (exact) mass is 375 g/mol. The van der Waals surface area contributed by atoms with Crippen LogP contribution in [0.5, 0.6) is 5.88 Å². The SMILES string of the molecule is CCOc1ncccc1CNS(=O)(=O)c1ccc(N2CCCC2=O)cc1. The molecule has 1 aromatic carbocycles. The first kappa shape index (κ1) is 18.3. The Morgan fingerprint density at radius 1 is 1.23 bits per heavy atom. The van der Waals surface area contributed by atoms with E-state index in [2.05, 4.69) is 9.71 Å². The maximum Gasteiger partial charge on any atom is 0.240 e. The Morgan fingerprint density at radius 3 is 2.65 bits per heavy atom. The van der Waals surface area contributed by atoms with Gasteiger partial charge in [-0.25, -0.2) is 18.1 Å². The van der Waals surface area contributed by atoms with Gasteiger partial charge < -0.3 is 9.64 Å². The highest BCUT2D eigenvalue weighted by Gasteiger charge is 2.22. The van der Waals surface area contributed by atoms with Crippen molar-refractivity contribution in [1.29, 1.82) is 0 Å². The molecule has 2 aromatic rings. The summed E-state index contributed by atoms with van der Waals surface area (Å²) in [7, 11) is -3.68. The van der Waals surface area contributed by atoms with Gasteiger partial charge in [-0.05, 0) is 43.7 Å². The first-order valence-corrected chi connectivity index (χ1v) is 9.96. The number of nitrogens with zero attached hydrogens (tertiary/aromatic N) is 2. The van der Waals surface area contributed by atoms with Crippen molar-refractivity contribution in [2.75, 3.05) is 18.1 Å². The summed E-state index contributed by atoms with van der Waals surface area (Å²) in [5.41, 5.74) is 1.38. The molecule has 3 rings (SSSR count). The van der Waals surface area contributed by atoms with Crippen LogP contribution in [0.1, 0.15) is 25.3 Å². The van der Waals surface area contributed by atoms with E-state index in [0.29, 0.717) is 31.0 Å². The molecule has 1 aromatic heterocycles. The van der Waals surface area contributed by atoms with Gasteiger partial charge in [0.05, 0.1) is 11.5 Å². The third-order valence-corrected chi connectivity index (χ3v) is 5.53. The van der Waals surface area contributed by atoms with E-state index in [-0.39, 0.29) is 17.3 Å². The minimum atomic E-state index is -3.68. The number of amides is 1. The van der Waals surface area contributed by atoms with Crippen molar-refractivity contribution in [3.05, 3.63) is 48.2 Å². The number of anilines is 1. The molecule has 138 valence electrons. The number of carbonyl (C=O) groups excluding carboxylic acids is 1. The van der Waals surface area contributed by atoms with Crippen LogP contribution in [0.15, 0.2) is 47.5 Å². The molecule has 1 fully saturated rings. The average molecular weight is 375 g/mol. The molecule has 8 heteroatoms. The lowest BCUT2D eigenvalue weighted by molar-refractivity contribution is -0.117. The first-order valence-electron chi connectivity index (χ1n) is 8.48. The first-order chi connectivity index (χ1) is 12.5. The molecule has 0 atom stereocenters. The quantitative estimate of drug-likeness (QED) is 0.800. The standard InChI is InChI=1S/C18H21N3O4S/c1-2-25-18-14(5-3-11-19-18)13-20-26(23,24)16-9-7-15(8-10-16)21-12-4-6-17(21)22/h3,5,7-11,20H,2,4,6,12-13H2,1H3. The molecule has 0 spiro atoms. The van der Waals surface area contributed by atoms with Crippen LogP contribution in [0.4, 0.5) is 5.69 Å². The summed E-state index contributed by atoms with van der Waals surface area (Å²) < 4.78 is 33.0. The zero-order valence-corrected chi connectivity index (χ0v) is 15.3. The topological polar surface area (TPSA) is 88.6 Å². The number of aromatic nitrogens is 1. The Kier molecular flexibility index (Phi) is 5.53. The second-order valence-electron chi connectivity index (χ2n) is 5.87. The summed E-state index contributed by atoms with van der Waals surface area (Å²) in [6.07, 6.45) is 2.96. The number of benzene rings is 1. The number of nitrogens with one attached hydrogen (secondary N) is 1. The van der Waals surface area contributed by atoms with Gasteiger partial charge in [0.1, 0.15) is 0 Å². The molecule has 0 radical (unpaired) electrons. The molecule has 0 bridgehead atoms. The van der Waals surface area contributed by atoms with Gasteiger partial charge >= 0.3 is 0 Å². The fourth-order valence-corrected chi connectivity index (χ4v) is 3.81. The molecular formula is C18H21N3O4S. The number of pyridine rings is 1. The largest absolute Gasteiger partial charge is 0.478 e. The Bertz CT molecular complexity index is 882. The highest BCUT2D eigenvalue weighted by Crippen LogP contribution is 2.23. The van der Waals surface area contributed by atoms with Crippen molar-refractivity contribution in [3.63, 3.8) is 0 Å². The maximum atomic E-state index is 12.5. The van der Waals surface area contributed by atoms with Gasteiger partial charge in [0, 0.05) is 37.0 Å². The van der Waals surface area contributed by atoms with E-state index in [0.717, 1.165) is 12.1 Å². The van der Waals surface area contributed by atoms with E-state index in [1.54, 1.807) is 35.4 Å². The number of sulfonamides is 1. The van der Waals surface area contributed by atoms with Crippen molar-refractivity contribution in [2.24, 2.45) is 0 Å². The van der Waals surface area contributed by atoms with Crippen LogP contribution in [0.25, 0.3) is 0 Å². The van der Waals surface area contributed by atoms with E-state index in [1.165, 1.54) is 12.1 Å². The van der Waals surface area contributed by atoms with Crippen molar-refractivity contribution in [2.45, 2.75) is 31.2 Å². The maximum absolute atomic E-state index is 12.5. The second-order valence-corrected chi connectivity index (χ2v) is 7.64. The summed E-state index contributed by atoms with van der Waals surface area (Å²) >= 11 is 0. The van der Waals surface area contributed by atoms with Gasteiger partial charge in [0.2, 0.25) is 21.8 Å². The molecule has 0 saturated carbocycles. The van der Waals surface area contributed by atoms with Crippen LogP contribution in [-0.4, -0.2) is 32.5 Å². The molecule has 1 aliphatic rings. The van der Waals surface area contributed by atoms with Crippen molar-refractivity contribution >= 4 is 21.6 Å². The minimum absolute atomic E-state index is 0.0683. The Hall–Kier alpha value is -2.45. The molecule has 0 aliphatic carbocycles. The summed E-state index contributed by atoms with van der Waals surface area (Å²) in [6.45, 7) is 3.05. The molecule has 0 unspecified atom stereocenters. The van der Waals surface area contributed by atoms with Crippen LogP contribution >= 0.6 is 0 Å². The van der Waals surface area contributed by atoms with Gasteiger partial charge in [-0.15, -0.1) is 0 Å². The van der Waals surface area contributed by atoms with E-state index >= 15 is 0 Å². The number of hydrogen-bond donors (Lipinski definition) is 1. The highest BCUT2D eigenvalue weighted by atomic mass is 32.2. The predicted octanol–water partition coefficient (Wildman–Crippen LogP) is 2.09. The number of ether oxygens (including phenoxy) is 1. The summed E-state index contributed by atoms with van der Waals surface area (Å²) in [5.74, 6) is 0.486. The fourth-order valence-electron chi connectivity index (χ4n) is 2.81. The predicted molar refractivity (Wildman–Crippen MR) is 97.5 cm³/mol. The highest BCUT2D eigenvalue weighted by molar-refractivity contribution is 7.89. The molecule has 7 nitrogen and oxygen atoms in total. The lowest BCUT2D eigenvalue weighted by Crippen LogP contribution is -2.25. The van der Waals surface area contributed by atoms with E-state index < -0.39 is 10.0 Å². The van der Waals surface area contributed by atoms with Crippen LogP contribution in [0.3, 0.4) is 0 Å². The minimum Gasteiger partial charge on any atom is -0.478 e. The van der Waals surface area contributed by atoms with Crippen LogP contribution in [0, 0.1) is 0 Å². The molecular weight excluding hydrogens is 354 g/mol. The van der Waals surface area contributed by atoms with Crippen LogP contribution < -0.4 is 14.4 Å².